The molecule has 10 heteroatoms. The van der Waals surface area contributed by atoms with Crippen LogP contribution in [0.2, 0.25) is 5.02 Å². The van der Waals surface area contributed by atoms with Crippen molar-refractivity contribution in [2.24, 2.45) is 0 Å². The second kappa shape index (κ2) is 31.9. The molecule has 19 aromatic carbocycles. The number of rotatable bonds is 12. The quantitative estimate of drug-likeness (QED) is 0.114. The van der Waals surface area contributed by atoms with Crippen LogP contribution in [0.5, 0.6) is 0 Å². The standard InChI is InChI=1S/C54H35BN4.C54H37ClN4.C10H14/c1-3-16-36(17-4-1)56-50-28-15-29-51-54(50)55(44-32-30-38(34-52(44)56)58-46-24-11-7-20-40(46)41-21-8-12-25-47(41)58)45-33-31-39(35-53(45)57(51)37-18-5-2-6-19-37)59-48-26-13-9-22-42(48)43-23-10-14-27-49(43)59;55-54-52(56(38-18-3-1-4-19-38)40-22-15-24-42(36-40)58-48-30-11-7-26-44(48)45-27-8-12-31-49(45)58)34-17-35-53(54)57(39-20-5-2-6-21-39)41-23-16-25-43(37-41)59-50-32-13-9-28-46(50)47-29-10-14-33-51(47)59;1-10(2,3)9-7-5-4-6-8-9/h1-35H;1-37H;4-8H,1-3H3. The van der Waals surface area contributed by atoms with Crippen LogP contribution in [0.25, 0.3) is 110 Å². The first-order valence-corrected chi connectivity index (χ1v) is 44.3. The molecule has 2 aliphatic rings. The number of para-hydroxylation sites is 12. The van der Waals surface area contributed by atoms with Gasteiger partial charge in [-0.25, -0.2) is 0 Å². The van der Waals surface area contributed by atoms with Crippen molar-refractivity contribution in [2.75, 3.05) is 19.6 Å². The molecule has 0 amide bonds. The van der Waals surface area contributed by atoms with E-state index in [4.69, 9.17) is 11.6 Å². The van der Waals surface area contributed by atoms with Gasteiger partial charge in [-0.15, -0.1) is 0 Å². The van der Waals surface area contributed by atoms with Gasteiger partial charge in [-0.1, -0.05) is 317 Å². The number of halogens is 1. The summed E-state index contributed by atoms with van der Waals surface area (Å²) in [4.78, 5) is 9.51. The molecule has 0 unspecified atom stereocenters. The van der Waals surface area contributed by atoms with Crippen LogP contribution < -0.4 is 36.0 Å². The molecule has 0 fully saturated rings. The maximum absolute atomic E-state index is 7.80. The number of hydrogen-bond donors (Lipinski definition) is 0. The van der Waals surface area contributed by atoms with Crippen LogP contribution in [0.15, 0.2) is 467 Å². The van der Waals surface area contributed by atoms with Gasteiger partial charge in [-0.2, -0.15) is 0 Å². The summed E-state index contributed by atoms with van der Waals surface area (Å²) >= 11 is 7.80. The topological polar surface area (TPSA) is 32.7 Å². The fraction of sp³-hybridized carbons (Fsp3) is 0.0339. The lowest BCUT2D eigenvalue weighted by atomic mass is 9.33. The minimum absolute atomic E-state index is 0.00512. The van der Waals surface area contributed by atoms with Gasteiger partial charge in [-0.3, -0.25) is 0 Å². The van der Waals surface area contributed by atoms with Gasteiger partial charge < -0.3 is 37.9 Å². The number of nitrogens with zero attached hydrogens (tertiary/aromatic N) is 8. The van der Waals surface area contributed by atoms with Crippen molar-refractivity contribution in [3.63, 3.8) is 0 Å². The summed E-state index contributed by atoms with van der Waals surface area (Å²) in [7, 11) is 0. The summed E-state index contributed by atoms with van der Waals surface area (Å²) < 4.78 is 9.58. The van der Waals surface area contributed by atoms with Crippen LogP contribution in [0.1, 0.15) is 26.3 Å². The van der Waals surface area contributed by atoms with Crippen molar-refractivity contribution < 1.29 is 0 Å². The van der Waals surface area contributed by atoms with Gasteiger partial charge >= 0.3 is 0 Å². The van der Waals surface area contributed by atoms with E-state index in [9.17, 15) is 0 Å². The lowest BCUT2D eigenvalue weighted by Gasteiger charge is -2.44. The lowest BCUT2D eigenvalue weighted by Crippen LogP contribution is -2.61. The summed E-state index contributed by atoms with van der Waals surface area (Å²) in [6, 6.07) is 168. The normalized spacial score (nSPS) is 12.2. The van der Waals surface area contributed by atoms with E-state index in [1.807, 2.05) is 0 Å². The highest BCUT2D eigenvalue weighted by Crippen LogP contribution is 2.51. The number of anilines is 12. The van der Waals surface area contributed by atoms with E-state index < -0.39 is 0 Å². The maximum Gasteiger partial charge on any atom is 0.252 e. The van der Waals surface area contributed by atoms with Gasteiger partial charge in [0.2, 0.25) is 0 Å². The molecule has 0 bridgehead atoms. The first-order chi connectivity index (χ1) is 63.1. The molecule has 8 nitrogen and oxygen atoms in total. The third-order valence-electron chi connectivity index (χ3n) is 25.6. The summed E-state index contributed by atoms with van der Waals surface area (Å²) in [5.74, 6) is 0. The van der Waals surface area contributed by atoms with E-state index in [0.717, 1.165) is 68.2 Å². The molecule has 2 aliphatic heterocycles. The van der Waals surface area contributed by atoms with Crippen molar-refractivity contribution in [3.8, 4) is 22.7 Å². The maximum atomic E-state index is 7.80. The third-order valence-corrected chi connectivity index (χ3v) is 26.0. The Hall–Kier alpha value is -16.1. The molecule has 128 heavy (non-hydrogen) atoms. The zero-order valence-corrected chi connectivity index (χ0v) is 71.7. The van der Waals surface area contributed by atoms with Crippen LogP contribution in [0.3, 0.4) is 0 Å². The average molecular weight is 1660 g/mol. The van der Waals surface area contributed by atoms with Gasteiger partial charge in [0, 0.05) is 123 Å². The highest BCUT2D eigenvalue weighted by molar-refractivity contribution is 7.00. The fourth-order valence-corrected chi connectivity index (χ4v) is 20.3. The highest BCUT2D eigenvalue weighted by atomic mass is 35.5. The van der Waals surface area contributed by atoms with Crippen LogP contribution in [-0.2, 0) is 5.41 Å². The number of benzene rings is 19. The Kier molecular flexibility index (Phi) is 19.2. The minimum Gasteiger partial charge on any atom is -0.311 e. The molecule has 25 rings (SSSR count). The molecule has 0 saturated heterocycles. The SMILES string of the molecule is CC(C)(C)c1ccccc1.Clc1c(N(c2ccccc2)c2cccc(-n3c4ccccc4c4ccccc43)c2)cccc1N(c1ccccc1)c1cccc(-n2c3ccccc3c3ccccc32)c1.c1ccc(N2c3cc(-n4c5ccccc5c5ccccc54)ccc3B3c4ccc(-n5c6ccccc6c6ccccc65)cc4N(c4ccccc4)c4cccc2c43)cc1. The zero-order chi connectivity index (χ0) is 85.5. The van der Waals surface area contributed by atoms with E-state index in [1.54, 1.807) is 0 Å². The molecule has 23 aromatic rings. The summed E-state index contributed by atoms with van der Waals surface area (Å²) in [6.45, 7) is 6.68. The largest absolute Gasteiger partial charge is 0.311 e. The van der Waals surface area contributed by atoms with Crippen molar-refractivity contribution >= 4 is 190 Å². The average Bonchev–Trinajstić information content (AvgIpc) is 0.705. The Bertz CT molecular complexity index is 7510. The number of aromatic nitrogens is 4. The molecule has 6 heterocycles. The van der Waals surface area contributed by atoms with E-state index in [0.29, 0.717) is 10.4 Å². The monoisotopic (exact) mass is 1660 g/mol. The number of fused-ring (bicyclic) bond motifs is 16. The van der Waals surface area contributed by atoms with Crippen molar-refractivity contribution in [1.29, 1.82) is 0 Å². The predicted molar refractivity (Wildman–Crippen MR) is 544 cm³/mol. The Balaban J connectivity index is 0.000000132. The van der Waals surface area contributed by atoms with Gasteiger partial charge in [0.15, 0.2) is 0 Å². The predicted octanol–water partition coefficient (Wildman–Crippen LogP) is 30.4. The van der Waals surface area contributed by atoms with E-state index in [-0.39, 0.29) is 6.71 Å². The van der Waals surface area contributed by atoms with Crippen LogP contribution in [0.4, 0.5) is 68.2 Å². The Morgan fingerprint density at radius 1 is 0.219 bits per heavy atom. The third kappa shape index (κ3) is 13.1. The summed E-state index contributed by atoms with van der Waals surface area (Å²) in [5, 5.41) is 10.6. The fourth-order valence-electron chi connectivity index (χ4n) is 20.0. The molecular formula is C118H86BClN8. The van der Waals surface area contributed by atoms with E-state index in [2.05, 4.69) is 526 Å². The van der Waals surface area contributed by atoms with Gasteiger partial charge in [0.25, 0.3) is 6.71 Å². The van der Waals surface area contributed by atoms with Crippen molar-refractivity contribution in [1.82, 2.24) is 18.3 Å². The first-order valence-electron chi connectivity index (χ1n) is 44.0. The Morgan fingerprint density at radius 3 is 0.773 bits per heavy atom. The molecule has 0 saturated carbocycles. The van der Waals surface area contributed by atoms with Crippen LogP contribution in [0, 0.1) is 0 Å². The molecule has 0 N–H and O–H groups in total. The summed E-state index contributed by atoms with van der Waals surface area (Å²) in [6.07, 6.45) is 0. The number of hydrogen-bond acceptors (Lipinski definition) is 4. The van der Waals surface area contributed by atoms with E-state index >= 15 is 0 Å². The molecule has 0 aliphatic carbocycles. The minimum atomic E-state index is 0.00512. The van der Waals surface area contributed by atoms with Crippen LogP contribution >= 0.6 is 11.6 Å². The van der Waals surface area contributed by atoms with Gasteiger partial charge in [-0.05, 0) is 209 Å². The van der Waals surface area contributed by atoms with Gasteiger partial charge in [0.05, 0.1) is 60.5 Å². The van der Waals surface area contributed by atoms with Crippen molar-refractivity contribution in [2.45, 2.75) is 26.2 Å². The molecule has 0 spiro atoms. The Labute approximate surface area is 749 Å². The highest BCUT2D eigenvalue weighted by Gasteiger charge is 2.44. The second-order valence-corrected chi connectivity index (χ2v) is 34.4. The molecule has 4 aromatic heterocycles. The first kappa shape index (κ1) is 76.8. The van der Waals surface area contributed by atoms with E-state index in [1.165, 1.54) is 132 Å². The molecule has 608 valence electrons. The van der Waals surface area contributed by atoms with Crippen molar-refractivity contribution in [3.05, 3.63) is 478 Å². The van der Waals surface area contributed by atoms with Crippen LogP contribution in [-0.4, -0.2) is 25.0 Å². The zero-order valence-electron chi connectivity index (χ0n) is 71.0. The lowest BCUT2D eigenvalue weighted by molar-refractivity contribution is 0.590. The van der Waals surface area contributed by atoms with Gasteiger partial charge in [0.1, 0.15) is 0 Å². The molecule has 0 radical (unpaired) electrons. The molecule has 0 atom stereocenters. The molecular weight excluding hydrogens is 1580 g/mol. The Morgan fingerprint density at radius 2 is 0.469 bits per heavy atom. The second-order valence-electron chi connectivity index (χ2n) is 34.1. The summed E-state index contributed by atoms with van der Waals surface area (Å²) in [5.41, 5.74) is 32.3. The smallest absolute Gasteiger partial charge is 0.252 e.